The van der Waals surface area contributed by atoms with Crippen molar-refractivity contribution in [3.8, 4) is 0 Å². The molecule has 0 aromatic rings. The van der Waals surface area contributed by atoms with Crippen LogP contribution in [-0.2, 0) is 28.6 Å². The molecule has 0 N–H and O–H groups in total. The third kappa shape index (κ3) is 51.7. The Morgan fingerprint density at radius 2 is 0.691 bits per heavy atom. The molecule has 0 heterocycles. The van der Waals surface area contributed by atoms with E-state index in [2.05, 4.69) is 75.5 Å². The molecule has 0 spiro atoms. The van der Waals surface area contributed by atoms with E-state index in [1.165, 1.54) is 44.9 Å². The largest absolute Gasteiger partial charge is 0.462 e. The van der Waals surface area contributed by atoms with E-state index in [-0.39, 0.29) is 50.4 Å². The molecule has 0 rings (SSSR count). The molecule has 6 heteroatoms. The van der Waals surface area contributed by atoms with Gasteiger partial charge < -0.3 is 14.2 Å². The van der Waals surface area contributed by atoms with Gasteiger partial charge in [-0.1, -0.05) is 255 Å². The van der Waals surface area contributed by atoms with Gasteiger partial charge in [0, 0.05) is 19.3 Å². The molecule has 0 fully saturated rings. The summed E-state index contributed by atoms with van der Waals surface area (Å²) in [5.41, 5.74) is 0. The predicted molar refractivity (Wildman–Crippen MR) is 292 cm³/mol. The summed E-state index contributed by atoms with van der Waals surface area (Å²) in [6.45, 7) is 6.25. The zero-order valence-electron chi connectivity index (χ0n) is 42.8. The van der Waals surface area contributed by atoms with Gasteiger partial charge in [0.1, 0.15) is 13.2 Å². The molecule has 0 aromatic carbocycles. The Morgan fingerprint density at radius 1 is 0.324 bits per heavy atom. The predicted octanol–water partition coefficient (Wildman–Crippen LogP) is 17.6. The van der Waals surface area contributed by atoms with Gasteiger partial charge in [-0.25, -0.2) is 0 Å². The third-order valence-corrected chi connectivity index (χ3v) is 10.2. The smallest absolute Gasteiger partial charge is 0.306 e. The van der Waals surface area contributed by atoms with Gasteiger partial charge in [-0.2, -0.15) is 0 Å². The molecule has 0 radical (unpaired) electrons. The molecule has 0 saturated carbocycles. The summed E-state index contributed by atoms with van der Waals surface area (Å²) in [4.78, 5) is 38.0. The van der Waals surface area contributed by atoms with Crippen molar-refractivity contribution >= 4 is 17.9 Å². The molecular formula is C62H92O6. The lowest BCUT2D eigenvalue weighted by Crippen LogP contribution is -2.30. The van der Waals surface area contributed by atoms with Gasteiger partial charge in [0.2, 0.25) is 0 Å². The van der Waals surface area contributed by atoms with Crippen molar-refractivity contribution in [2.24, 2.45) is 0 Å². The van der Waals surface area contributed by atoms with Crippen LogP contribution in [0.4, 0.5) is 0 Å². The van der Waals surface area contributed by atoms with E-state index in [0.717, 1.165) is 77.0 Å². The van der Waals surface area contributed by atoms with E-state index in [4.69, 9.17) is 14.2 Å². The Hall–Kier alpha value is -5.23. The summed E-state index contributed by atoms with van der Waals surface area (Å²) in [6.07, 6.45) is 80.5. The number of unbranched alkanes of at least 4 members (excludes halogenated alkanes) is 15. The molecule has 0 amide bonds. The first kappa shape index (κ1) is 62.8. The zero-order valence-corrected chi connectivity index (χ0v) is 42.8. The summed E-state index contributed by atoms with van der Waals surface area (Å²) >= 11 is 0. The monoisotopic (exact) mass is 933 g/mol. The molecule has 68 heavy (non-hydrogen) atoms. The molecule has 0 saturated heterocycles. The zero-order chi connectivity index (χ0) is 49.3. The lowest BCUT2D eigenvalue weighted by Gasteiger charge is -2.18. The SMILES string of the molecule is CC/C=C/C=C/C=C/C=C/C=C/C=C/C=C/CCCCCC(=O)OCC(COC(=O)CC/C=C/C/C=C/CCCCCCCC)OC(=O)CCCCCCC/C=C/C=C/C=C/C=C/C=C/CCC. The second-order valence-corrected chi connectivity index (χ2v) is 16.6. The van der Waals surface area contributed by atoms with Crippen LogP contribution in [0.2, 0.25) is 0 Å². The summed E-state index contributed by atoms with van der Waals surface area (Å²) in [5, 5.41) is 0. The molecular weight excluding hydrogens is 841 g/mol. The fourth-order valence-corrected chi connectivity index (χ4v) is 6.33. The van der Waals surface area contributed by atoms with Gasteiger partial charge in [0.25, 0.3) is 0 Å². The summed E-state index contributed by atoms with van der Waals surface area (Å²) in [7, 11) is 0. The highest BCUT2D eigenvalue weighted by Crippen LogP contribution is 2.12. The van der Waals surface area contributed by atoms with Crippen LogP contribution in [0.25, 0.3) is 0 Å². The Bertz CT molecular complexity index is 1640. The second kappa shape index (κ2) is 54.4. The molecule has 1 atom stereocenters. The number of rotatable bonds is 44. The Kier molecular flexibility index (Phi) is 50.2. The second-order valence-electron chi connectivity index (χ2n) is 16.6. The molecule has 376 valence electrons. The summed E-state index contributed by atoms with van der Waals surface area (Å²) < 4.78 is 16.7. The number of esters is 3. The van der Waals surface area contributed by atoms with Gasteiger partial charge in [0.15, 0.2) is 6.10 Å². The average molecular weight is 933 g/mol. The summed E-state index contributed by atoms with van der Waals surface area (Å²) in [5.74, 6) is -1.09. The van der Waals surface area contributed by atoms with E-state index in [1.54, 1.807) is 0 Å². The summed E-state index contributed by atoms with van der Waals surface area (Å²) in [6, 6.07) is 0. The minimum atomic E-state index is -0.843. The fraction of sp³-hybridized carbons (Fsp3) is 0.500. The van der Waals surface area contributed by atoms with Crippen LogP contribution < -0.4 is 0 Å². The molecule has 0 aliphatic heterocycles. The van der Waals surface area contributed by atoms with E-state index in [0.29, 0.717) is 19.3 Å². The first-order valence-corrected chi connectivity index (χ1v) is 26.3. The van der Waals surface area contributed by atoms with E-state index in [9.17, 15) is 14.4 Å². The lowest BCUT2D eigenvalue weighted by atomic mass is 10.1. The molecule has 0 aromatic heterocycles. The van der Waals surface area contributed by atoms with Gasteiger partial charge in [0.05, 0.1) is 0 Å². The maximum atomic E-state index is 12.8. The quantitative estimate of drug-likeness (QED) is 0.0199. The molecule has 0 bridgehead atoms. The van der Waals surface area contributed by atoms with Crippen LogP contribution in [0, 0.1) is 0 Å². The van der Waals surface area contributed by atoms with Crippen molar-refractivity contribution in [2.45, 2.75) is 187 Å². The topological polar surface area (TPSA) is 78.9 Å². The van der Waals surface area contributed by atoms with Crippen LogP contribution in [0.5, 0.6) is 0 Å². The number of hydrogen-bond acceptors (Lipinski definition) is 6. The standard InChI is InChI=1S/C62H92O6/c1-4-7-10-13-16-19-22-25-27-29-31-33-34-37-40-43-46-49-52-55-61(64)67-58-59(57-66-60(63)54-51-48-45-42-39-36-24-21-18-15-12-9-6-3)68-62(65)56-53-50-47-44-41-38-35-32-30-28-26-23-20-17-14-11-8-5-2/h7,10-11,13-14,16-17,19-20,22-23,25-37,39-40,45,48,59H,4-6,8-9,12,15,18,21,24,38,41-44,46-47,49-58H2,1-3H3/b10-7+,14-11+,16-13+,20-17+,22-19+,26-23+,27-25+,30-28+,31-29+,34-33+,35-32+,39-36+,40-37+,48-45+. The van der Waals surface area contributed by atoms with Gasteiger partial charge >= 0.3 is 17.9 Å². The van der Waals surface area contributed by atoms with Gasteiger partial charge in [-0.3, -0.25) is 14.4 Å². The number of carbonyl (C=O) groups is 3. The van der Waals surface area contributed by atoms with Crippen molar-refractivity contribution in [3.05, 3.63) is 170 Å². The highest BCUT2D eigenvalue weighted by atomic mass is 16.6. The number of allylic oxidation sites excluding steroid dienone is 28. The van der Waals surface area contributed by atoms with E-state index >= 15 is 0 Å². The van der Waals surface area contributed by atoms with Crippen LogP contribution in [0.3, 0.4) is 0 Å². The van der Waals surface area contributed by atoms with Crippen molar-refractivity contribution in [1.82, 2.24) is 0 Å². The minimum absolute atomic E-state index is 0.139. The molecule has 0 aliphatic carbocycles. The van der Waals surface area contributed by atoms with Crippen LogP contribution >= 0.6 is 0 Å². The molecule has 1 unspecified atom stereocenters. The first-order valence-electron chi connectivity index (χ1n) is 26.3. The van der Waals surface area contributed by atoms with Crippen molar-refractivity contribution in [1.29, 1.82) is 0 Å². The Balaban J connectivity index is 4.65. The maximum Gasteiger partial charge on any atom is 0.306 e. The van der Waals surface area contributed by atoms with Crippen molar-refractivity contribution < 1.29 is 28.6 Å². The average Bonchev–Trinajstić information content (AvgIpc) is 3.34. The lowest BCUT2D eigenvalue weighted by molar-refractivity contribution is -0.166. The first-order chi connectivity index (χ1) is 33.5. The number of carbonyl (C=O) groups excluding carboxylic acids is 3. The van der Waals surface area contributed by atoms with Crippen LogP contribution in [0.1, 0.15) is 181 Å². The Labute approximate surface area is 415 Å². The molecule has 6 nitrogen and oxygen atoms in total. The fourth-order valence-electron chi connectivity index (χ4n) is 6.33. The highest BCUT2D eigenvalue weighted by molar-refractivity contribution is 5.71. The van der Waals surface area contributed by atoms with Gasteiger partial charge in [-0.15, -0.1) is 0 Å². The van der Waals surface area contributed by atoms with E-state index in [1.807, 2.05) is 115 Å². The third-order valence-electron chi connectivity index (χ3n) is 10.2. The number of ether oxygens (including phenoxy) is 3. The van der Waals surface area contributed by atoms with Gasteiger partial charge in [-0.05, 0) is 77.0 Å². The highest BCUT2D eigenvalue weighted by Gasteiger charge is 2.19. The maximum absolute atomic E-state index is 12.8. The van der Waals surface area contributed by atoms with Crippen molar-refractivity contribution in [3.63, 3.8) is 0 Å². The van der Waals surface area contributed by atoms with Crippen molar-refractivity contribution in [2.75, 3.05) is 13.2 Å². The number of hydrogen-bond donors (Lipinski definition) is 0. The Morgan fingerprint density at radius 3 is 1.18 bits per heavy atom. The van der Waals surface area contributed by atoms with E-state index < -0.39 is 6.10 Å². The van der Waals surface area contributed by atoms with Crippen LogP contribution in [0.15, 0.2) is 170 Å². The minimum Gasteiger partial charge on any atom is -0.462 e. The van der Waals surface area contributed by atoms with Crippen LogP contribution in [-0.4, -0.2) is 37.2 Å². The molecule has 0 aliphatic rings. The normalized spacial score (nSPS) is 13.5.